The molecule has 0 aliphatic carbocycles. The fourth-order valence-corrected chi connectivity index (χ4v) is 4.16. The van der Waals surface area contributed by atoms with Crippen molar-refractivity contribution in [1.82, 2.24) is 19.8 Å². The number of likely N-dealkylation sites (N-methyl/N-ethyl adjacent to an activating group) is 1. The van der Waals surface area contributed by atoms with Crippen LogP contribution in [0.5, 0.6) is 0 Å². The first-order chi connectivity index (χ1) is 16.8. The van der Waals surface area contributed by atoms with Crippen LogP contribution < -0.4 is 10.9 Å². The van der Waals surface area contributed by atoms with Gasteiger partial charge in [-0.2, -0.15) is 0 Å². The predicted molar refractivity (Wildman–Crippen MR) is 141 cm³/mol. The van der Waals surface area contributed by atoms with Gasteiger partial charge < -0.3 is 14.8 Å². The zero-order chi connectivity index (χ0) is 24.9. The van der Waals surface area contributed by atoms with Crippen LogP contribution in [-0.2, 0) is 13.1 Å². The predicted octanol–water partition coefficient (Wildman–Crippen LogP) is 4.23. The zero-order valence-corrected chi connectivity index (χ0v) is 20.8. The largest absolute Gasteiger partial charge is 0.351 e. The summed E-state index contributed by atoms with van der Waals surface area (Å²) in [6, 6.07) is 21.8. The summed E-state index contributed by atoms with van der Waals surface area (Å²) < 4.78 is 1.77. The van der Waals surface area contributed by atoms with Crippen molar-refractivity contribution < 1.29 is 4.79 Å². The van der Waals surface area contributed by atoms with Gasteiger partial charge >= 0.3 is 0 Å². The second kappa shape index (κ2) is 10.7. The first-order valence-electron chi connectivity index (χ1n) is 11.9. The van der Waals surface area contributed by atoms with Crippen molar-refractivity contribution in [3.05, 3.63) is 111 Å². The highest BCUT2D eigenvalue weighted by Crippen LogP contribution is 2.18. The number of aromatic nitrogens is 2. The van der Waals surface area contributed by atoms with Crippen LogP contribution in [0.25, 0.3) is 11.0 Å². The van der Waals surface area contributed by atoms with Gasteiger partial charge in [0.25, 0.3) is 11.5 Å². The standard InChI is InChI=1S/C29H32N4O2/c1-20-16-26-27(17-21(20)2)33(29(35)22(3)31-26)19-24-10-12-25(13-11-24)28(34)30-14-15-32(4)18-23-8-6-5-7-9-23/h5-13,16-17H,14-15,18-19H2,1-4H3,(H,30,34). The maximum atomic E-state index is 12.9. The molecule has 0 radical (unpaired) electrons. The zero-order valence-electron chi connectivity index (χ0n) is 20.8. The number of hydrogen-bond donors (Lipinski definition) is 1. The molecule has 35 heavy (non-hydrogen) atoms. The Kier molecular flexibility index (Phi) is 7.42. The summed E-state index contributed by atoms with van der Waals surface area (Å²) in [6.45, 7) is 8.43. The van der Waals surface area contributed by atoms with Crippen molar-refractivity contribution in [2.24, 2.45) is 0 Å². The molecule has 4 aromatic rings. The number of fused-ring (bicyclic) bond motifs is 1. The summed E-state index contributed by atoms with van der Waals surface area (Å²) in [5, 5.41) is 2.99. The maximum absolute atomic E-state index is 12.9. The first kappa shape index (κ1) is 24.4. The Morgan fingerprint density at radius 1 is 0.943 bits per heavy atom. The molecule has 0 saturated carbocycles. The van der Waals surface area contributed by atoms with Gasteiger partial charge in [0.1, 0.15) is 5.69 Å². The van der Waals surface area contributed by atoms with E-state index >= 15 is 0 Å². The summed E-state index contributed by atoms with van der Waals surface area (Å²) in [6.07, 6.45) is 0. The quantitative estimate of drug-likeness (QED) is 0.420. The minimum absolute atomic E-state index is 0.0952. The lowest BCUT2D eigenvalue weighted by molar-refractivity contribution is 0.0949. The summed E-state index contributed by atoms with van der Waals surface area (Å²) in [5.74, 6) is -0.0990. The van der Waals surface area contributed by atoms with Gasteiger partial charge in [0.15, 0.2) is 0 Å². The Morgan fingerprint density at radius 2 is 1.63 bits per heavy atom. The second-order valence-electron chi connectivity index (χ2n) is 9.19. The molecular weight excluding hydrogens is 436 g/mol. The number of nitrogens with one attached hydrogen (secondary N) is 1. The molecule has 1 N–H and O–H groups in total. The average Bonchev–Trinajstić information content (AvgIpc) is 2.84. The van der Waals surface area contributed by atoms with Crippen LogP contribution in [0.2, 0.25) is 0 Å². The molecular formula is C29H32N4O2. The number of rotatable bonds is 8. The molecule has 0 fully saturated rings. The van der Waals surface area contributed by atoms with Crippen molar-refractivity contribution in [2.45, 2.75) is 33.9 Å². The summed E-state index contributed by atoms with van der Waals surface area (Å²) in [5.41, 5.74) is 7.11. The normalized spacial score (nSPS) is 11.2. The van der Waals surface area contributed by atoms with E-state index in [1.54, 1.807) is 11.5 Å². The van der Waals surface area contributed by atoms with Crippen LogP contribution >= 0.6 is 0 Å². The molecule has 3 aromatic carbocycles. The van der Waals surface area contributed by atoms with Crippen molar-refractivity contribution in [3.63, 3.8) is 0 Å². The summed E-state index contributed by atoms with van der Waals surface area (Å²) >= 11 is 0. The van der Waals surface area contributed by atoms with Crippen LogP contribution in [0.1, 0.15) is 38.3 Å². The molecule has 0 bridgehead atoms. The number of nitrogens with zero attached hydrogens (tertiary/aromatic N) is 3. The Bertz CT molecular complexity index is 1390. The van der Waals surface area contributed by atoms with E-state index in [4.69, 9.17) is 0 Å². The Labute approximate surface area is 206 Å². The summed E-state index contributed by atoms with van der Waals surface area (Å²) in [4.78, 5) is 32.2. The van der Waals surface area contributed by atoms with Crippen LogP contribution in [0.4, 0.5) is 0 Å². The van der Waals surface area contributed by atoms with E-state index in [1.807, 2.05) is 75.5 Å². The third-order valence-corrected chi connectivity index (χ3v) is 6.36. The topological polar surface area (TPSA) is 67.2 Å². The number of carbonyl (C=O) groups excluding carboxylic acids is 1. The molecule has 0 aliphatic rings. The Balaban J connectivity index is 1.40. The molecule has 0 atom stereocenters. The first-order valence-corrected chi connectivity index (χ1v) is 11.9. The molecule has 1 heterocycles. The SMILES string of the molecule is Cc1cc2nc(C)c(=O)n(Cc3ccc(C(=O)NCCN(C)Cc4ccccc4)cc3)c2cc1C. The van der Waals surface area contributed by atoms with E-state index in [0.29, 0.717) is 24.3 Å². The van der Waals surface area contributed by atoms with Gasteiger partial charge in [-0.1, -0.05) is 42.5 Å². The molecule has 0 saturated heterocycles. The minimum atomic E-state index is -0.0990. The van der Waals surface area contributed by atoms with Crippen molar-refractivity contribution in [3.8, 4) is 0 Å². The van der Waals surface area contributed by atoms with Crippen molar-refractivity contribution in [2.75, 3.05) is 20.1 Å². The third-order valence-electron chi connectivity index (χ3n) is 6.36. The number of benzene rings is 3. The lowest BCUT2D eigenvalue weighted by atomic mass is 10.1. The second-order valence-corrected chi connectivity index (χ2v) is 9.19. The van der Waals surface area contributed by atoms with Gasteiger partial charge in [0, 0.05) is 25.2 Å². The van der Waals surface area contributed by atoms with E-state index < -0.39 is 0 Å². The van der Waals surface area contributed by atoms with Crippen molar-refractivity contribution in [1.29, 1.82) is 0 Å². The highest BCUT2D eigenvalue weighted by atomic mass is 16.1. The van der Waals surface area contributed by atoms with Crippen molar-refractivity contribution >= 4 is 16.9 Å². The van der Waals surface area contributed by atoms with Gasteiger partial charge in [0.2, 0.25) is 0 Å². The average molecular weight is 469 g/mol. The fraction of sp³-hybridized carbons (Fsp3) is 0.276. The maximum Gasteiger partial charge on any atom is 0.272 e. The highest BCUT2D eigenvalue weighted by Gasteiger charge is 2.11. The van der Waals surface area contributed by atoms with Gasteiger partial charge in [-0.25, -0.2) is 4.98 Å². The lowest BCUT2D eigenvalue weighted by Crippen LogP contribution is -2.32. The fourth-order valence-electron chi connectivity index (χ4n) is 4.16. The monoisotopic (exact) mass is 468 g/mol. The number of hydrogen-bond acceptors (Lipinski definition) is 4. The van der Waals surface area contributed by atoms with Gasteiger partial charge in [-0.05, 0) is 74.3 Å². The van der Waals surface area contributed by atoms with Crippen LogP contribution in [0.3, 0.4) is 0 Å². The molecule has 6 nitrogen and oxygen atoms in total. The minimum Gasteiger partial charge on any atom is -0.351 e. The van der Waals surface area contributed by atoms with E-state index in [0.717, 1.165) is 40.8 Å². The molecule has 6 heteroatoms. The number of carbonyl (C=O) groups is 1. The van der Waals surface area contributed by atoms with E-state index in [1.165, 1.54) is 5.56 Å². The van der Waals surface area contributed by atoms with Crippen LogP contribution in [0.15, 0.2) is 71.5 Å². The molecule has 1 aromatic heterocycles. The van der Waals surface area contributed by atoms with Crippen LogP contribution in [-0.4, -0.2) is 40.5 Å². The van der Waals surface area contributed by atoms with E-state index in [9.17, 15) is 9.59 Å². The molecule has 0 aliphatic heterocycles. The Morgan fingerprint density at radius 3 is 2.34 bits per heavy atom. The van der Waals surface area contributed by atoms with E-state index in [2.05, 4.69) is 27.3 Å². The molecule has 0 spiro atoms. The van der Waals surface area contributed by atoms with Gasteiger partial charge in [-0.3, -0.25) is 9.59 Å². The number of aryl methyl sites for hydroxylation is 3. The van der Waals surface area contributed by atoms with E-state index in [-0.39, 0.29) is 11.5 Å². The molecule has 180 valence electrons. The highest BCUT2D eigenvalue weighted by molar-refractivity contribution is 5.94. The van der Waals surface area contributed by atoms with Gasteiger partial charge in [-0.15, -0.1) is 0 Å². The third kappa shape index (κ3) is 5.84. The molecule has 0 unspecified atom stereocenters. The number of amides is 1. The smallest absolute Gasteiger partial charge is 0.272 e. The van der Waals surface area contributed by atoms with Crippen LogP contribution in [0, 0.1) is 20.8 Å². The Hall–Kier alpha value is -3.77. The molecule has 4 rings (SSSR count). The summed E-state index contributed by atoms with van der Waals surface area (Å²) in [7, 11) is 2.04. The molecule has 1 amide bonds. The van der Waals surface area contributed by atoms with Gasteiger partial charge in [0.05, 0.1) is 17.6 Å². The lowest BCUT2D eigenvalue weighted by Gasteiger charge is -2.17.